The largest absolute Gasteiger partial charge is 0.462 e. The summed E-state index contributed by atoms with van der Waals surface area (Å²) in [7, 11) is 0. The molecule has 70 heavy (non-hydrogen) atoms. The predicted molar refractivity (Wildman–Crippen MR) is 302 cm³/mol. The maximum absolute atomic E-state index is 12.9. The number of hydrogen-bond donors (Lipinski definition) is 0. The van der Waals surface area contributed by atoms with Crippen LogP contribution in [0.4, 0.5) is 0 Å². The molecule has 0 aliphatic carbocycles. The molecule has 0 saturated carbocycles. The Bertz CT molecular complexity index is 1170. The summed E-state index contributed by atoms with van der Waals surface area (Å²) in [6, 6.07) is 0. The van der Waals surface area contributed by atoms with Gasteiger partial charge in [-0.05, 0) is 51.4 Å². The van der Waals surface area contributed by atoms with Gasteiger partial charge in [0.05, 0.1) is 0 Å². The Morgan fingerprint density at radius 2 is 0.529 bits per heavy atom. The monoisotopic (exact) mass is 983 g/mol. The average molecular weight is 984 g/mol. The molecule has 0 saturated heterocycles. The normalized spacial score (nSPS) is 12.2. The number of hydrogen-bond acceptors (Lipinski definition) is 6. The van der Waals surface area contributed by atoms with Crippen molar-refractivity contribution in [2.24, 2.45) is 0 Å². The summed E-state index contributed by atoms with van der Waals surface area (Å²) < 4.78 is 16.9. The first kappa shape index (κ1) is 67.6. The zero-order chi connectivity index (χ0) is 50.7. The van der Waals surface area contributed by atoms with Crippen LogP contribution in [0.2, 0.25) is 0 Å². The molecule has 410 valence electrons. The van der Waals surface area contributed by atoms with E-state index in [2.05, 4.69) is 57.2 Å². The fourth-order valence-corrected chi connectivity index (χ4v) is 9.23. The van der Waals surface area contributed by atoms with Gasteiger partial charge in [-0.1, -0.05) is 301 Å². The van der Waals surface area contributed by atoms with E-state index in [0.29, 0.717) is 19.3 Å². The molecule has 0 N–H and O–H groups in total. The van der Waals surface area contributed by atoms with Gasteiger partial charge < -0.3 is 14.2 Å². The first-order valence-corrected chi connectivity index (χ1v) is 31.0. The summed E-state index contributed by atoms with van der Waals surface area (Å²) in [5.74, 6) is -0.916. The van der Waals surface area contributed by atoms with Gasteiger partial charge in [-0.3, -0.25) is 14.4 Å². The third-order valence-corrected chi connectivity index (χ3v) is 13.9. The lowest BCUT2D eigenvalue weighted by Crippen LogP contribution is -2.30. The van der Waals surface area contributed by atoms with Crippen molar-refractivity contribution in [2.45, 2.75) is 341 Å². The van der Waals surface area contributed by atoms with Crippen LogP contribution >= 0.6 is 0 Å². The molecule has 1 atom stereocenters. The summed E-state index contributed by atoms with van der Waals surface area (Å²) in [4.78, 5) is 38.2. The van der Waals surface area contributed by atoms with Crippen molar-refractivity contribution < 1.29 is 28.6 Å². The zero-order valence-corrected chi connectivity index (χ0v) is 47.1. The molecule has 6 nitrogen and oxygen atoms in total. The molecular formula is C64H118O6. The van der Waals surface area contributed by atoms with Crippen LogP contribution in [0.25, 0.3) is 0 Å². The van der Waals surface area contributed by atoms with E-state index in [1.807, 2.05) is 0 Å². The molecule has 0 aliphatic heterocycles. The number of allylic oxidation sites excluding steroid dienone is 6. The minimum atomic E-state index is -0.795. The molecule has 0 aromatic heterocycles. The van der Waals surface area contributed by atoms with Crippen LogP contribution in [0, 0.1) is 0 Å². The molecule has 0 radical (unpaired) electrons. The highest BCUT2D eigenvalue weighted by molar-refractivity contribution is 5.71. The Balaban J connectivity index is 4.38. The maximum atomic E-state index is 12.9. The van der Waals surface area contributed by atoms with Crippen molar-refractivity contribution in [2.75, 3.05) is 13.2 Å². The highest BCUT2D eigenvalue weighted by atomic mass is 16.6. The summed E-state index contributed by atoms with van der Waals surface area (Å²) in [6.45, 7) is 6.65. The quantitative estimate of drug-likeness (QED) is 0.0261. The van der Waals surface area contributed by atoms with Crippen molar-refractivity contribution in [3.05, 3.63) is 36.5 Å². The topological polar surface area (TPSA) is 78.9 Å². The van der Waals surface area contributed by atoms with Gasteiger partial charge in [0.1, 0.15) is 13.2 Å². The summed E-state index contributed by atoms with van der Waals surface area (Å²) >= 11 is 0. The van der Waals surface area contributed by atoms with Gasteiger partial charge in [-0.25, -0.2) is 0 Å². The Kier molecular flexibility index (Phi) is 57.2. The van der Waals surface area contributed by atoms with Crippen LogP contribution in [0.5, 0.6) is 0 Å². The van der Waals surface area contributed by atoms with Gasteiger partial charge in [0, 0.05) is 19.3 Å². The number of carbonyl (C=O) groups is 3. The van der Waals surface area contributed by atoms with Gasteiger partial charge in [-0.2, -0.15) is 0 Å². The number of esters is 3. The number of unbranched alkanes of at least 4 members (excludes halogenated alkanes) is 40. The van der Waals surface area contributed by atoms with E-state index in [-0.39, 0.29) is 37.5 Å². The van der Waals surface area contributed by atoms with E-state index in [4.69, 9.17) is 14.2 Å². The van der Waals surface area contributed by atoms with Crippen molar-refractivity contribution in [3.8, 4) is 0 Å². The van der Waals surface area contributed by atoms with Gasteiger partial charge >= 0.3 is 17.9 Å². The average Bonchev–Trinajstić information content (AvgIpc) is 3.36. The minimum absolute atomic E-state index is 0.0868. The van der Waals surface area contributed by atoms with Crippen LogP contribution in [0.3, 0.4) is 0 Å². The van der Waals surface area contributed by atoms with Gasteiger partial charge in [-0.15, -0.1) is 0 Å². The molecule has 0 aromatic carbocycles. The van der Waals surface area contributed by atoms with E-state index in [9.17, 15) is 14.4 Å². The smallest absolute Gasteiger partial charge is 0.306 e. The predicted octanol–water partition coefficient (Wildman–Crippen LogP) is 20.8. The standard InChI is InChI=1S/C64H118O6/c1-4-7-10-13-16-19-22-25-28-31-32-34-36-39-42-45-48-51-54-57-63(66)69-60-61(59-68-62(65)56-53-50-47-44-41-38-35-30-27-24-21-18-15-12-9-6-3)70-64(67)58-55-52-49-46-43-40-37-33-29-26-23-20-17-14-11-8-5-2/h26,29,37,40,46,49,61H,4-25,27-28,30-36,38-39,41-45,47-48,50-60H2,1-3H3/b29-26-,40-37-,49-46-. The molecule has 0 fully saturated rings. The Labute approximate surface area is 435 Å². The lowest BCUT2D eigenvalue weighted by Gasteiger charge is -2.18. The lowest BCUT2D eigenvalue weighted by atomic mass is 10.0. The van der Waals surface area contributed by atoms with Gasteiger partial charge in [0.2, 0.25) is 0 Å². The van der Waals surface area contributed by atoms with Crippen molar-refractivity contribution in [3.63, 3.8) is 0 Å². The van der Waals surface area contributed by atoms with E-state index < -0.39 is 6.10 Å². The highest BCUT2D eigenvalue weighted by Gasteiger charge is 2.19. The van der Waals surface area contributed by atoms with Crippen LogP contribution < -0.4 is 0 Å². The van der Waals surface area contributed by atoms with Crippen molar-refractivity contribution in [1.29, 1.82) is 0 Å². The van der Waals surface area contributed by atoms with E-state index in [0.717, 1.165) is 57.8 Å². The van der Waals surface area contributed by atoms with Crippen molar-refractivity contribution in [1.82, 2.24) is 0 Å². The molecule has 1 unspecified atom stereocenters. The molecule has 0 heterocycles. The maximum Gasteiger partial charge on any atom is 0.306 e. The molecule has 0 amide bonds. The van der Waals surface area contributed by atoms with Crippen LogP contribution in [0.1, 0.15) is 335 Å². The Morgan fingerprint density at radius 3 is 0.843 bits per heavy atom. The second-order valence-corrected chi connectivity index (χ2v) is 21.0. The number of ether oxygens (including phenoxy) is 3. The molecule has 6 heteroatoms. The van der Waals surface area contributed by atoms with Crippen molar-refractivity contribution >= 4 is 17.9 Å². The Hall–Kier alpha value is -2.37. The molecule has 0 bridgehead atoms. The van der Waals surface area contributed by atoms with Gasteiger partial charge in [0.25, 0.3) is 0 Å². The summed E-state index contributed by atoms with van der Waals surface area (Å²) in [5.41, 5.74) is 0. The van der Waals surface area contributed by atoms with Crippen LogP contribution in [-0.2, 0) is 28.6 Å². The SMILES string of the molecule is CCCCCCCC/C=C\C/C=C\C/C=C\CCCC(=O)OC(COC(=O)CCCCCCCCCCCCCCCCCC)COC(=O)CCCCCCCCCCCCCCCCCCCCC. The molecule has 0 aromatic rings. The zero-order valence-electron chi connectivity index (χ0n) is 47.1. The van der Waals surface area contributed by atoms with Gasteiger partial charge in [0.15, 0.2) is 6.10 Å². The molecule has 0 aliphatic rings. The molecule has 0 rings (SSSR count). The van der Waals surface area contributed by atoms with Crippen LogP contribution in [0.15, 0.2) is 36.5 Å². The second kappa shape index (κ2) is 59.2. The first-order valence-electron chi connectivity index (χ1n) is 31.0. The van der Waals surface area contributed by atoms with E-state index in [1.165, 1.54) is 231 Å². The summed E-state index contributed by atoms with van der Waals surface area (Å²) in [6.07, 6.45) is 71.5. The summed E-state index contributed by atoms with van der Waals surface area (Å²) in [5, 5.41) is 0. The van der Waals surface area contributed by atoms with E-state index >= 15 is 0 Å². The third kappa shape index (κ3) is 56.5. The molecule has 0 spiro atoms. The minimum Gasteiger partial charge on any atom is -0.462 e. The fourth-order valence-electron chi connectivity index (χ4n) is 9.23. The number of carbonyl (C=O) groups excluding carboxylic acids is 3. The first-order chi connectivity index (χ1) is 34.5. The molecular weight excluding hydrogens is 865 g/mol. The van der Waals surface area contributed by atoms with Crippen LogP contribution in [-0.4, -0.2) is 37.2 Å². The fraction of sp³-hybridized carbons (Fsp3) is 0.859. The Morgan fingerprint density at radius 1 is 0.286 bits per heavy atom. The lowest BCUT2D eigenvalue weighted by molar-refractivity contribution is -0.167. The second-order valence-electron chi connectivity index (χ2n) is 21.0. The third-order valence-electron chi connectivity index (χ3n) is 13.9. The van der Waals surface area contributed by atoms with E-state index in [1.54, 1.807) is 0 Å². The highest BCUT2D eigenvalue weighted by Crippen LogP contribution is 2.17. The number of rotatable bonds is 57.